The number of esters is 1. The van der Waals surface area contributed by atoms with Gasteiger partial charge in [-0.25, -0.2) is 0 Å². The highest BCUT2D eigenvalue weighted by Crippen LogP contribution is 2.28. The van der Waals surface area contributed by atoms with Gasteiger partial charge in [0, 0.05) is 17.5 Å². The summed E-state index contributed by atoms with van der Waals surface area (Å²) in [7, 11) is 1.28. The molecule has 0 aliphatic rings. The van der Waals surface area contributed by atoms with E-state index in [1.165, 1.54) is 30.6 Å². The largest absolute Gasteiger partial charge is 0.468 e. The van der Waals surface area contributed by atoms with Crippen LogP contribution in [0.4, 0.5) is 5.69 Å². The molecule has 3 aromatic carbocycles. The Labute approximate surface area is 184 Å². The fourth-order valence-corrected chi connectivity index (χ4v) is 4.53. The normalized spacial score (nSPS) is 11.7. The number of fused-ring (bicyclic) bond motifs is 3. The summed E-state index contributed by atoms with van der Waals surface area (Å²) in [5, 5.41) is 13.1. The number of thiazole rings is 1. The van der Waals surface area contributed by atoms with E-state index in [1.54, 1.807) is 4.57 Å². The quantitative estimate of drug-likeness (QED) is 0.259. The van der Waals surface area contributed by atoms with Crippen molar-refractivity contribution in [2.75, 3.05) is 7.11 Å². The van der Waals surface area contributed by atoms with Gasteiger partial charge in [-0.3, -0.25) is 19.7 Å². The van der Waals surface area contributed by atoms with Crippen LogP contribution in [0.15, 0.2) is 59.6 Å². The number of amides is 1. The third-order valence-electron chi connectivity index (χ3n) is 4.68. The maximum absolute atomic E-state index is 12.9. The lowest BCUT2D eigenvalue weighted by Gasteiger charge is -2.05. The maximum Gasteiger partial charge on any atom is 0.325 e. The maximum atomic E-state index is 12.9. The summed E-state index contributed by atoms with van der Waals surface area (Å²) >= 11 is 7.32. The number of ether oxygens (including phenoxy) is 1. The first-order valence-corrected chi connectivity index (χ1v) is 10.2. The second-order valence-corrected chi connectivity index (χ2v) is 7.90. The van der Waals surface area contributed by atoms with Gasteiger partial charge in [0.15, 0.2) is 4.80 Å². The Balaban J connectivity index is 1.94. The number of aromatic nitrogens is 1. The molecule has 0 atom stereocenters. The van der Waals surface area contributed by atoms with Crippen LogP contribution >= 0.6 is 22.9 Å². The van der Waals surface area contributed by atoms with Crippen LogP contribution in [0.2, 0.25) is 5.02 Å². The number of benzene rings is 3. The summed E-state index contributed by atoms with van der Waals surface area (Å²) in [6.07, 6.45) is 0. The molecule has 1 heterocycles. The molecule has 156 valence electrons. The van der Waals surface area contributed by atoms with Gasteiger partial charge in [-0.1, -0.05) is 53.3 Å². The van der Waals surface area contributed by atoms with Gasteiger partial charge in [0.2, 0.25) is 0 Å². The Morgan fingerprint density at radius 3 is 2.71 bits per heavy atom. The predicted octanol–water partition coefficient (Wildman–Crippen LogP) is 4.33. The molecule has 10 heteroatoms. The number of rotatable bonds is 4. The smallest absolute Gasteiger partial charge is 0.325 e. The van der Waals surface area contributed by atoms with Crippen LogP contribution in [0.25, 0.3) is 21.0 Å². The standard InChI is InChI=1S/C21H14ClN3O5S/c1-30-18(26)11-24-17-9-6-12-4-2-3-5-14(12)19(17)31-21(24)23-20(27)15-10-13(25(28)29)7-8-16(15)22/h2-10H,11H2,1H3. The molecule has 0 saturated carbocycles. The SMILES string of the molecule is COC(=O)Cn1c(=NC(=O)c2cc([N+](=O)[O-])ccc2Cl)sc2c3ccccc3ccc21. The van der Waals surface area contributed by atoms with Gasteiger partial charge < -0.3 is 9.30 Å². The van der Waals surface area contributed by atoms with Gasteiger partial charge in [0.25, 0.3) is 11.6 Å². The molecule has 0 radical (unpaired) electrons. The van der Waals surface area contributed by atoms with Gasteiger partial charge in [-0.15, -0.1) is 0 Å². The number of hydrogen-bond donors (Lipinski definition) is 0. The lowest BCUT2D eigenvalue weighted by Crippen LogP contribution is -2.22. The van der Waals surface area contributed by atoms with Crippen molar-refractivity contribution in [3.63, 3.8) is 0 Å². The van der Waals surface area contributed by atoms with E-state index in [9.17, 15) is 19.7 Å². The van der Waals surface area contributed by atoms with Crippen LogP contribution in [0.1, 0.15) is 10.4 Å². The molecular weight excluding hydrogens is 442 g/mol. The summed E-state index contributed by atoms with van der Waals surface area (Å²) in [6.45, 7) is -0.149. The van der Waals surface area contributed by atoms with E-state index in [4.69, 9.17) is 16.3 Å². The van der Waals surface area contributed by atoms with Crippen molar-refractivity contribution in [2.45, 2.75) is 6.54 Å². The van der Waals surface area contributed by atoms with E-state index in [0.29, 0.717) is 5.52 Å². The highest BCUT2D eigenvalue weighted by Gasteiger charge is 2.18. The van der Waals surface area contributed by atoms with Gasteiger partial charge in [0.1, 0.15) is 6.54 Å². The number of halogens is 1. The number of methoxy groups -OCH3 is 1. The molecule has 0 N–H and O–H groups in total. The van der Waals surface area contributed by atoms with Crippen molar-refractivity contribution in [3.05, 3.63) is 80.1 Å². The average molecular weight is 456 g/mol. The first-order valence-electron chi connectivity index (χ1n) is 9.00. The van der Waals surface area contributed by atoms with Crippen LogP contribution in [-0.2, 0) is 16.1 Å². The fraction of sp³-hybridized carbons (Fsp3) is 0.0952. The van der Waals surface area contributed by atoms with Crippen LogP contribution in [-0.4, -0.2) is 28.5 Å². The van der Waals surface area contributed by atoms with Crippen LogP contribution < -0.4 is 4.80 Å². The van der Waals surface area contributed by atoms with E-state index in [1.807, 2.05) is 36.4 Å². The second-order valence-electron chi connectivity index (χ2n) is 6.52. The first kappa shape index (κ1) is 20.7. The van der Waals surface area contributed by atoms with Crippen molar-refractivity contribution in [1.82, 2.24) is 4.57 Å². The monoisotopic (exact) mass is 455 g/mol. The number of hydrogen-bond acceptors (Lipinski definition) is 6. The molecule has 0 aliphatic carbocycles. The topological polar surface area (TPSA) is 104 Å². The molecular formula is C21H14ClN3O5S. The van der Waals surface area contributed by atoms with E-state index in [0.717, 1.165) is 21.5 Å². The zero-order valence-electron chi connectivity index (χ0n) is 16.1. The molecule has 0 aliphatic heterocycles. The predicted molar refractivity (Wildman–Crippen MR) is 117 cm³/mol. The summed E-state index contributed by atoms with van der Waals surface area (Å²) < 4.78 is 7.22. The summed E-state index contributed by atoms with van der Waals surface area (Å²) in [5.41, 5.74) is 0.348. The van der Waals surface area contributed by atoms with Crippen molar-refractivity contribution >= 4 is 61.5 Å². The van der Waals surface area contributed by atoms with E-state index >= 15 is 0 Å². The van der Waals surface area contributed by atoms with Gasteiger partial charge in [0.05, 0.1) is 32.8 Å². The van der Waals surface area contributed by atoms with Gasteiger partial charge >= 0.3 is 5.97 Å². The Morgan fingerprint density at radius 1 is 1.19 bits per heavy atom. The molecule has 4 rings (SSSR count). The van der Waals surface area contributed by atoms with Crippen molar-refractivity contribution in [1.29, 1.82) is 0 Å². The molecule has 8 nitrogen and oxygen atoms in total. The summed E-state index contributed by atoms with van der Waals surface area (Å²) in [6, 6.07) is 15.1. The Hall–Kier alpha value is -3.56. The molecule has 0 bridgehead atoms. The Kier molecular flexibility index (Phi) is 5.53. The third-order valence-corrected chi connectivity index (χ3v) is 6.13. The minimum Gasteiger partial charge on any atom is -0.468 e. The number of carbonyl (C=O) groups is 2. The molecule has 0 saturated heterocycles. The lowest BCUT2D eigenvalue weighted by atomic mass is 10.1. The minimum absolute atomic E-state index is 0.0467. The van der Waals surface area contributed by atoms with Crippen LogP contribution in [0.3, 0.4) is 0 Å². The molecule has 0 fully saturated rings. The average Bonchev–Trinajstić information content (AvgIpc) is 3.10. The first-order chi connectivity index (χ1) is 14.9. The number of nitro benzene ring substituents is 1. The Morgan fingerprint density at radius 2 is 1.97 bits per heavy atom. The highest BCUT2D eigenvalue weighted by atomic mass is 35.5. The zero-order valence-corrected chi connectivity index (χ0v) is 17.6. The molecule has 0 spiro atoms. The van der Waals surface area contributed by atoms with Crippen LogP contribution in [0, 0.1) is 10.1 Å². The van der Waals surface area contributed by atoms with E-state index in [-0.39, 0.29) is 27.6 Å². The number of non-ortho nitro benzene ring substituents is 1. The molecule has 1 aromatic heterocycles. The fourth-order valence-electron chi connectivity index (χ4n) is 3.17. The molecule has 0 unspecified atom stereocenters. The second kappa shape index (κ2) is 8.29. The lowest BCUT2D eigenvalue weighted by molar-refractivity contribution is -0.384. The molecule has 4 aromatic rings. The van der Waals surface area contributed by atoms with Crippen molar-refractivity contribution < 1.29 is 19.2 Å². The van der Waals surface area contributed by atoms with Crippen molar-refractivity contribution in [2.24, 2.45) is 4.99 Å². The molecule has 1 amide bonds. The highest BCUT2D eigenvalue weighted by molar-refractivity contribution is 7.17. The molecule has 31 heavy (non-hydrogen) atoms. The summed E-state index contributed by atoms with van der Waals surface area (Å²) in [4.78, 5) is 39.7. The number of nitro groups is 1. The van der Waals surface area contributed by atoms with Gasteiger partial charge in [-0.2, -0.15) is 4.99 Å². The minimum atomic E-state index is -0.747. The Bertz CT molecular complexity index is 1440. The third kappa shape index (κ3) is 3.92. The van der Waals surface area contributed by atoms with Crippen LogP contribution in [0.5, 0.6) is 0 Å². The van der Waals surface area contributed by atoms with E-state index < -0.39 is 16.8 Å². The number of nitrogens with zero attached hydrogens (tertiary/aromatic N) is 3. The number of carbonyl (C=O) groups excluding carboxylic acids is 2. The van der Waals surface area contributed by atoms with Gasteiger partial charge in [-0.05, 0) is 17.5 Å². The van der Waals surface area contributed by atoms with Crippen molar-refractivity contribution in [3.8, 4) is 0 Å². The van der Waals surface area contributed by atoms with E-state index in [2.05, 4.69) is 4.99 Å². The summed E-state index contributed by atoms with van der Waals surface area (Å²) in [5.74, 6) is -1.25. The zero-order chi connectivity index (χ0) is 22.1.